The Morgan fingerprint density at radius 3 is 2.79 bits per heavy atom. The van der Waals surface area contributed by atoms with E-state index in [4.69, 9.17) is 29.6 Å². The van der Waals surface area contributed by atoms with Crippen LogP contribution in [0.2, 0.25) is 5.02 Å². The number of nitrogens with two attached hydrogens (primary N) is 1. The first-order valence-electron chi connectivity index (χ1n) is 6.07. The van der Waals surface area contributed by atoms with Gasteiger partial charge in [0, 0.05) is 24.3 Å². The number of likely N-dealkylation sites (N-methyl/N-ethyl adjacent to an activating group) is 1. The van der Waals surface area contributed by atoms with Crippen molar-refractivity contribution in [3.63, 3.8) is 0 Å². The second-order valence-corrected chi connectivity index (χ2v) is 5.57. The Hall–Kier alpha value is -1.33. The fourth-order valence-corrected chi connectivity index (χ4v) is 2.26. The van der Waals surface area contributed by atoms with E-state index in [9.17, 15) is 4.79 Å². The van der Waals surface area contributed by atoms with E-state index in [2.05, 4.69) is 5.32 Å². The summed E-state index contributed by atoms with van der Waals surface area (Å²) in [6, 6.07) is 5.77. The first-order valence-corrected chi connectivity index (χ1v) is 6.86. The van der Waals surface area contributed by atoms with Crippen molar-refractivity contribution >= 4 is 40.4 Å². The molecular weight excluding hydrogens is 282 g/mol. The molecule has 1 aliphatic rings. The highest BCUT2D eigenvalue weighted by Crippen LogP contribution is 2.23. The number of rotatable bonds is 5. The fourth-order valence-electron chi connectivity index (χ4n) is 1.75. The van der Waals surface area contributed by atoms with Crippen molar-refractivity contribution in [2.75, 3.05) is 18.5 Å². The van der Waals surface area contributed by atoms with Crippen LogP contribution < -0.4 is 16.0 Å². The van der Waals surface area contributed by atoms with Crippen LogP contribution >= 0.6 is 23.8 Å². The van der Waals surface area contributed by atoms with E-state index in [1.165, 1.54) is 0 Å². The van der Waals surface area contributed by atoms with Crippen molar-refractivity contribution in [1.82, 2.24) is 5.32 Å². The molecule has 1 aliphatic carbocycles. The summed E-state index contributed by atoms with van der Waals surface area (Å²) in [4.78, 5) is 13.8. The minimum absolute atomic E-state index is 0.0274. The predicted octanol–water partition coefficient (Wildman–Crippen LogP) is 1.69. The molecule has 0 aliphatic heterocycles. The molecular formula is C13H16ClN3OS. The molecule has 0 spiro atoms. The van der Waals surface area contributed by atoms with Gasteiger partial charge in [-0.2, -0.15) is 0 Å². The number of anilines is 1. The molecule has 0 aromatic heterocycles. The molecule has 4 nitrogen and oxygen atoms in total. The lowest BCUT2D eigenvalue weighted by Gasteiger charge is -2.19. The fraction of sp³-hybridized carbons (Fsp3) is 0.385. The Morgan fingerprint density at radius 2 is 2.26 bits per heavy atom. The number of thiocarbonyl (C=S) groups is 1. The summed E-state index contributed by atoms with van der Waals surface area (Å²) in [5, 5.41) is 3.44. The minimum atomic E-state index is 0.0274. The van der Waals surface area contributed by atoms with Gasteiger partial charge in [0.15, 0.2) is 0 Å². The van der Waals surface area contributed by atoms with Crippen LogP contribution in [0.5, 0.6) is 0 Å². The molecule has 1 aromatic carbocycles. The van der Waals surface area contributed by atoms with Gasteiger partial charge in [-0.3, -0.25) is 4.79 Å². The van der Waals surface area contributed by atoms with Crippen molar-refractivity contribution in [1.29, 1.82) is 0 Å². The lowest BCUT2D eigenvalue weighted by Crippen LogP contribution is -2.36. The standard InChI is InChI=1S/C13H16ClN3OS/c1-17(7-12(18)16-8-2-3-8)9-4-5-10(13(15)19)11(14)6-9/h4-6,8H,2-3,7H2,1H3,(H2,15,19)(H,16,18). The molecule has 0 bridgehead atoms. The van der Waals surface area contributed by atoms with Crippen LogP contribution in [-0.4, -0.2) is 30.5 Å². The Bertz CT molecular complexity index is 517. The van der Waals surface area contributed by atoms with E-state index in [0.29, 0.717) is 23.2 Å². The first-order chi connectivity index (χ1) is 8.97. The minimum Gasteiger partial charge on any atom is -0.389 e. The third-order valence-corrected chi connectivity index (χ3v) is 3.51. The topological polar surface area (TPSA) is 58.4 Å². The largest absolute Gasteiger partial charge is 0.389 e. The molecule has 1 fully saturated rings. The monoisotopic (exact) mass is 297 g/mol. The third-order valence-electron chi connectivity index (χ3n) is 2.98. The molecule has 1 aromatic rings. The summed E-state index contributed by atoms with van der Waals surface area (Å²) < 4.78 is 0. The van der Waals surface area contributed by atoms with Gasteiger partial charge in [0.05, 0.1) is 11.6 Å². The molecule has 1 saturated carbocycles. The summed E-state index contributed by atoms with van der Waals surface area (Å²) in [5.41, 5.74) is 7.06. The van der Waals surface area contributed by atoms with Crippen LogP contribution in [0, 0.1) is 0 Å². The highest BCUT2D eigenvalue weighted by Gasteiger charge is 2.23. The van der Waals surface area contributed by atoms with Gasteiger partial charge in [-0.1, -0.05) is 23.8 Å². The molecule has 0 atom stereocenters. The van der Waals surface area contributed by atoms with Crippen LogP contribution in [-0.2, 0) is 4.79 Å². The van der Waals surface area contributed by atoms with E-state index < -0.39 is 0 Å². The Morgan fingerprint density at radius 1 is 1.58 bits per heavy atom. The second-order valence-electron chi connectivity index (χ2n) is 4.73. The van der Waals surface area contributed by atoms with Gasteiger partial charge in [-0.15, -0.1) is 0 Å². The summed E-state index contributed by atoms with van der Waals surface area (Å²) >= 11 is 11.0. The number of nitrogens with one attached hydrogen (secondary N) is 1. The average Bonchev–Trinajstić information content (AvgIpc) is 3.11. The van der Waals surface area contributed by atoms with E-state index in [0.717, 1.165) is 18.5 Å². The zero-order chi connectivity index (χ0) is 14.0. The SMILES string of the molecule is CN(CC(=O)NC1CC1)c1ccc(C(N)=S)c(Cl)c1. The molecule has 0 heterocycles. The van der Waals surface area contributed by atoms with Gasteiger partial charge in [-0.25, -0.2) is 0 Å². The number of carbonyl (C=O) groups excluding carboxylic acids is 1. The molecule has 0 unspecified atom stereocenters. The number of benzene rings is 1. The second kappa shape index (κ2) is 5.75. The number of carbonyl (C=O) groups is 1. The first kappa shape index (κ1) is 14.1. The third kappa shape index (κ3) is 3.81. The maximum Gasteiger partial charge on any atom is 0.239 e. The molecule has 0 radical (unpaired) electrons. The zero-order valence-electron chi connectivity index (χ0n) is 10.6. The van der Waals surface area contributed by atoms with Gasteiger partial charge in [0.25, 0.3) is 0 Å². The Labute approximate surface area is 122 Å². The molecule has 2 rings (SSSR count). The molecule has 6 heteroatoms. The Kier molecular flexibility index (Phi) is 4.27. The van der Waals surface area contributed by atoms with E-state index in [-0.39, 0.29) is 10.9 Å². The highest BCUT2D eigenvalue weighted by atomic mass is 35.5. The van der Waals surface area contributed by atoms with Crippen LogP contribution in [0.1, 0.15) is 18.4 Å². The maximum atomic E-state index is 11.7. The highest BCUT2D eigenvalue weighted by molar-refractivity contribution is 7.80. The molecule has 102 valence electrons. The zero-order valence-corrected chi connectivity index (χ0v) is 12.2. The van der Waals surface area contributed by atoms with Crippen LogP contribution in [0.4, 0.5) is 5.69 Å². The Balaban J connectivity index is 2.01. The van der Waals surface area contributed by atoms with Gasteiger partial charge in [0.1, 0.15) is 4.99 Å². The molecule has 19 heavy (non-hydrogen) atoms. The quantitative estimate of drug-likeness (QED) is 0.812. The number of hydrogen-bond donors (Lipinski definition) is 2. The van der Waals surface area contributed by atoms with Crippen molar-refractivity contribution < 1.29 is 4.79 Å². The van der Waals surface area contributed by atoms with Gasteiger partial charge in [0.2, 0.25) is 5.91 Å². The van der Waals surface area contributed by atoms with Crippen LogP contribution in [0.25, 0.3) is 0 Å². The van der Waals surface area contributed by atoms with Crippen LogP contribution in [0.3, 0.4) is 0 Å². The van der Waals surface area contributed by atoms with Crippen molar-refractivity contribution in [3.05, 3.63) is 28.8 Å². The number of amides is 1. The normalized spacial score (nSPS) is 14.0. The molecule has 3 N–H and O–H groups in total. The number of halogens is 1. The van der Waals surface area contributed by atoms with E-state index >= 15 is 0 Å². The van der Waals surface area contributed by atoms with Crippen molar-refractivity contribution in [2.45, 2.75) is 18.9 Å². The smallest absolute Gasteiger partial charge is 0.239 e. The van der Waals surface area contributed by atoms with Gasteiger partial charge < -0.3 is 16.0 Å². The summed E-state index contributed by atoms with van der Waals surface area (Å²) in [6.45, 7) is 0.305. The molecule has 1 amide bonds. The lowest BCUT2D eigenvalue weighted by atomic mass is 10.2. The van der Waals surface area contributed by atoms with E-state index in [1.807, 2.05) is 18.0 Å². The number of hydrogen-bond acceptors (Lipinski definition) is 3. The predicted molar refractivity (Wildman–Crippen MR) is 81.8 cm³/mol. The average molecular weight is 298 g/mol. The van der Waals surface area contributed by atoms with Gasteiger partial charge >= 0.3 is 0 Å². The maximum absolute atomic E-state index is 11.7. The summed E-state index contributed by atoms with van der Waals surface area (Å²) in [5.74, 6) is 0.0274. The summed E-state index contributed by atoms with van der Waals surface area (Å²) in [6.07, 6.45) is 2.17. The molecule has 0 saturated heterocycles. The van der Waals surface area contributed by atoms with Crippen molar-refractivity contribution in [3.8, 4) is 0 Å². The van der Waals surface area contributed by atoms with Gasteiger partial charge in [-0.05, 0) is 31.0 Å². The van der Waals surface area contributed by atoms with Crippen molar-refractivity contribution in [2.24, 2.45) is 5.73 Å². The summed E-state index contributed by atoms with van der Waals surface area (Å²) in [7, 11) is 1.85. The lowest BCUT2D eigenvalue weighted by molar-refractivity contribution is -0.119. The number of nitrogens with zero attached hydrogens (tertiary/aromatic N) is 1. The van der Waals surface area contributed by atoms with E-state index in [1.54, 1.807) is 12.1 Å². The van der Waals surface area contributed by atoms with Crippen LogP contribution in [0.15, 0.2) is 18.2 Å².